The summed E-state index contributed by atoms with van der Waals surface area (Å²) in [5, 5.41) is 2.07. The minimum absolute atomic E-state index is 0.00560. The van der Waals surface area contributed by atoms with Crippen LogP contribution in [0.25, 0.3) is 0 Å². The second kappa shape index (κ2) is 7.53. The maximum atomic E-state index is 11.4. The SMILES string of the molecule is NC(=O)NC(=O)CCN1CCOC(c2ccc(Br)cc2)C1. The summed E-state index contributed by atoms with van der Waals surface area (Å²) in [4.78, 5) is 24.1. The normalized spacial score (nSPS) is 19.2. The van der Waals surface area contributed by atoms with Crippen LogP contribution in [-0.2, 0) is 9.53 Å². The highest BCUT2D eigenvalue weighted by molar-refractivity contribution is 9.10. The fourth-order valence-corrected chi connectivity index (χ4v) is 2.51. The van der Waals surface area contributed by atoms with Crippen LogP contribution in [0.1, 0.15) is 18.1 Å². The molecule has 3 amide bonds. The summed E-state index contributed by atoms with van der Waals surface area (Å²) in [6.45, 7) is 2.70. The zero-order chi connectivity index (χ0) is 15.2. The topological polar surface area (TPSA) is 84.7 Å². The Morgan fingerprint density at radius 1 is 1.38 bits per heavy atom. The molecule has 0 aliphatic carbocycles. The van der Waals surface area contributed by atoms with Crippen LogP contribution in [0, 0.1) is 0 Å². The zero-order valence-corrected chi connectivity index (χ0v) is 13.1. The number of primary amides is 1. The summed E-state index contributed by atoms with van der Waals surface area (Å²) in [5.41, 5.74) is 6.02. The number of nitrogens with one attached hydrogen (secondary N) is 1. The van der Waals surface area contributed by atoms with Gasteiger partial charge in [-0.25, -0.2) is 4.79 Å². The van der Waals surface area contributed by atoms with Gasteiger partial charge >= 0.3 is 6.03 Å². The summed E-state index contributed by atoms with van der Waals surface area (Å²) in [6.07, 6.45) is 0.252. The Balaban J connectivity index is 1.84. The number of hydrogen-bond acceptors (Lipinski definition) is 4. The molecule has 2 rings (SSSR count). The van der Waals surface area contributed by atoms with Crippen molar-refractivity contribution in [3.63, 3.8) is 0 Å². The molecule has 6 nitrogen and oxygen atoms in total. The van der Waals surface area contributed by atoms with Gasteiger partial charge < -0.3 is 10.5 Å². The highest BCUT2D eigenvalue weighted by atomic mass is 79.9. The molecule has 1 unspecified atom stereocenters. The maximum Gasteiger partial charge on any atom is 0.318 e. The van der Waals surface area contributed by atoms with E-state index in [0.29, 0.717) is 13.2 Å². The summed E-state index contributed by atoms with van der Waals surface area (Å²) in [7, 11) is 0. The lowest BCUT2D eigenvalue weighted by atomic mass is 10.1. The summed E-state index contributed by atoms with van der Waals surface area (Å²) in [6, 6.07) is 7.21. The Labute approximate surface area is 131 Å². The molecule has 0 radical (unpaired) electrons. The van der Waals surface area contributed by atoms with Crippen molar-refractivity contribution in [3.05, 3.63) is 34.3 Å². The van der Waals surface area contributed by atoms with E-state index in [0.717, 1.165) is 23.1 Å². The molecule has 1 aliphatic heterocycles. The molecule has 1 saturated heterocycles. The van der Waals surface area contributed by atoms with E-state index < -0.39 is 6.03 Å². The van der Waals surface area contributed by atoms with E-state index >= 15 is 0 Å². The number of halogens is 1. The third kappa shape index (κ3) is 5.11. The van der Waals surface area contributed by atoms with Crippen LogP contribution < -0.4 is 11.1 Å². The molecule has 1 fully saturated rings. The van der Waals surface area contributed by atoms with Crippen LogP contribution in [0.4, 0.5) is 4.79 Å². The number of ether oxygens (including phenoxy) is 1. The molecule has 0 spiro atoms. The number of benzene rings is 1. The first-order chi connectivity index (χ1) is 10.0. The Hall–Kier alpha value is -1.44. The predicted molar refractivity (Wildman–Crippen MR) is 81.6 cm³/mol. The van der Waals surface area contributed by atoms with Crippen LogP contribution in [0.15, 0.2) is 28.7 Å². The third-order valence-corrected chi connectivity index (χ3v) is 3.84. The first-order valence-corrected chi connectivity index (χ1v) is 7.52. The van der Waals surface area contributed by atoms with Gasteiger partial charge in [0.1, 0.15) is 0 Å². The van der Waals surface area contributed by atoms with Crippen molar-refractivity contribution in [1.82, 2.24) is 10.2 Å². The molecule has 21 heavy (non-hydrogen) atoms. The van der Waals surface area contributed by atoms with Gasteiger partial charge in [0.25, 0.3) is 0 Å². The van der Waals surface area contributed by atoms with E-state index in [1.165, 1.54) is 0 Å². The third-order valence-electron chi connectivity index (χ3n) is 3.31. The van der Waals surface area contributed by atoms with Gasteiger partial charge in [0.2, 0.25) is 5.91 Å². The number of morpholine rings is 1. The van der Waals surface area contributed by atoms with Gasteiger partial charge in [0.05, 0.1) is 12.7 Å². The number of hydrogen-bond donors (Lipinski definition) is 2. The van der Waals surface area contributed by atoms with Crippen LogP contribution >= 0.6 is 15.9 Å². The monoisotopic (exact) mass is 355 g/mol. The Morgan fingerprint density at radius 2 is 2.10 bits per heavy atom. The first kappa shape index (κ1) is 15.9. The minimum atomic E-state index is -0.810. The molecule has 1 aromatic rings. The van der Waals surface area contributed by atoms with E-state index in [-0.39, 0.29) is 18.4 Å². The first-order valence-electron chi connectivity index (χ1n) is 6.73. The molecule has 114 valence electrons. The average molecular weight is 356 g/mol. The van der Waals surface area contributed by atoms with Gasteiger partial charge in [-0.3, -0.25) is 15.0 Å². The zero-order valence-electron chi connectivity index (χ0n) is 11.5. The van der Waals surface area contributed by atoms with Crippen LogP contribution in [0.2, 0.25) is 0 Å². The van der Waals surface area contributed by atoms with Crippen molar-refractivity contribution in [3.8, 4) is 0 Å². The second-order valence-electron chi connectivity index (χ2n) is 4.87. The summed E-state index contributed by atoms with van der Waals surface area (Å²) in [5.74, 6) is -0.353. The molecule has 7 heteroatoms. The van der Waals surface area contributed by atoms with Crippen molar-refractivity contribution >= 4 is 27.9 Å². The van der Waals surface area contributed by atoms with E-state index in [1.807, 2.05) is 24.3 Å². The molecule has 1 aliphatic rings. The minimum Gasteiger partial charge on any atom is -0.371 e. The average Bonchev–Trinajstić information content (AvgIpc) is 2.45. The molecule has 0 aromatic heterocycles. The molecular weight excluding hydrogens is 338 g/mol. The fraction of sp³-hybridized carbons (Fsp3) is 0.429. The van der Waals surface area contributed by atoms with Crippen LogP contribution in [0.3, 0.4) is 0 Å². The largest absolute Gasteiger partial charge is 0.371 e. The Kier molecular flexibility index (Phi) is 5.72. The van der Waals surface area contributed by atoms with Gasteiger partial charge in [-0.1, -0.05) is 28.1 Å². The molecule has 0 saturated carbocycles. The highest BCUT2D eigenvalue weighted by Crippen LogP contribution is 2.23. The molecule has 1 aromatic carbocycles. The van der Waals surface area contributed by atoms with Crippen molar-refractivity contribution in [2.75, 3.05) is 26.2 Å². The summed E-state index contributed by atoms with van der Waals surface area (Å²) >= 11 is 3.41. The number of amides is 3. The van der Waals surface area contributed by atoms with E-state index in [2.05, 4.69) is 26.1 Å². The Morgan fingerprint density at radius 3 is 2.76 bits per heavy atom. The van der Waals surface area contributed by atoms with E-state index in [9.17, 15) is 9.59 Å². The number of imide groups is 1. The second-order valence-corrected chi connectivity index (χ2v) is 5.79. The smallest absolute Gasteiger partial charge is 0.318 e. The fourth-order valence-electron chi connectivity index (χ4n) is 2.24. The van der Waals surface area contributed by atoms with Crippen molar-refractivity contribution < 1.29 is 14.3 Å². The van der Waals surface area contributed by atoms with E-state index in [1.54, 1.807) is 0 Å². The van der Waals surface area contributed by atoms with Gasteiger partial charge in [0, 0.05) is 30.5 Å². The number of carbonyl (C=O) groups is 2. The lowest BCUT2D eigenvalue weighted by molar-refractivity contribution is -0.120. The standard InChI is InChI=1S/C14H18BrN3O3/c15-11-3-1-10(2-4-11)12-9-18(7-8-21-12)6-5-13(19)17-14(16)20/h1-4,12H,5-9H2,(H3,16,17,19,20). The molecule has 1 heterocycles. The van der Waals surface area contributed by atoms with Crippen LogP contribution in [0.5, 0.6) is 0 Å². The molecular formula is C14H18BrN3O3. The molecule has 0 bridgehead atoms. The maximum absolute atomic E-state index is 11.4. The Bertz CT molecular complexity index is 507. The molecule has 1 atom stereocenters. The number of rotatable bonds is 4. The summed E-state index contributed by atoms with van der Waals surface area (Å²) < 4.78 is 6.80. The number of nitrogens with two attached hydrogens (primary N) is 1. The van der Waals surface area contributed by atoms with Crippen molar-refractivity contribution in [1.29, 1.82) is 0 Å². The number of nitrogens with zero attached hydrogens (tertiary/aromatic N) is 1. The molecule has 3 N–H and O–H groups in total. The lowest BCUT2D eigenvalue weighted by Gasteiger charge is -2.33. The number of carbonyl (C=O) groups excluding carboxylic acids is 2. The quantitative estimate of drug-likeness (QED) is 0.854. The van der Waals surface area contributed by atoms with Crippen molar-refractivity contribution in [2.24, 2.45) is 5.73 Å². The lowest BCUT2D eigenvalue weighted by Crippen LogP contribution is -2.41. The van der Waals surface area contributed by atoms with Crippen LogP contribution in [-0.4, -0.2) is 43.1 Å². The van der Waals surface area contributed by atoms with E-state index in [4.69, 9.17) is 10.5 Å². The van der Waals surface area contributed by atoms with Gasteiger partial charge in [-0.15, -0.1) is 0 Å². The van der Waals surface area contributed by atoms with Gasteiger partial charge in [-0.2, -0.15) is 0 Å². The van der Waals surface area contributed by atoms with Gasteiger partial charge in [-0.05, 0) is 17.7 Å². The predicted octanol–water partition coefficient (Wildman–Crippen LogP) is 1.41. The van der Waals surface area contributed by atoms with Crippen molar-refractivity contribution in [2.45, 2.75) is 12.5 Å². The highest BCUT2D eigenvalue weighted by Gasteiger charge is 2.22. The number of urea groups is 1. The van der Waals surface area contributed by atoms with Gasteiger partial charge in [0.15, 0.2) is 0 Å².